The maximum atomic E-state index is 11.6. The highest BCUT2D eigenvalue weighted by Crippen LogP contribution is 2.15. The average Bonchev–Trinajstić information content (AvgIpc) is 2.70. The minimum atomic E-state index is -3.25. The Kier molecular flexibility index (Phi) is 8.35. The first-order valence-electron chi connectivity index (χ1n) is 8.90. The van der Waals surface area contributed by atoms with Gasteiger partial charge in [0.25, 0.3) is 0 Å². The van der Waals surface area contributed by atoms with E-state index in [1.807, 2.05) is 31.3 Å². The summed E-state index contributed by atoms with van der Waals surface area (Å²) in [4.78, 5) is 7.67. The van der Waals surface area contributed by atoms with Crippen molar-refractivity contribution in [2.45, 2.75) is 23.7 Å². The summed E-state index contributed by atoms with van der Waals surface area (Å²) in [5, 5.41) is 3.35. The summed E-state index contributed by atoms with van der Waals surface area (Å²) >= 11 is 1.73. The van der Waals surface area contributed by atoms with Gasteiger partial charge in [0.1, 0.15) is 0 Å². The number of sulfonamides is 1. The van der Waals surface area contributed by atoms with E-state index in [2.05, 4.69) is 50.5 Å². The molecule has 0 amide bonds. The second kappa shape index (κ2) is 10.5. The monoisotopic (exact) mass is 420 g/mol. The summed E-state index contributed by atoms with van der Waals surface area (Å²) in [5.41, 5.74) is 3.04. The molecule has 2 aromatic rings. The third kappa shape index (κ3) is 6.85. The summed E-state index contributed by atoms with van der Waals surface area (Å²) in [6, 6.07) is 16.1. The van der Waals surface area contributed by atoms with Crippen molar-refractivity contribution in [3.8, 4) is 0 Å². The summed E-state index contributed by atoms with van der Waals surface area (Å²) < 4.78 is 25.6. The van der Waals surface area contributed by atoms with Crippen molar-refractivity contribution in [1.29, 1.82) is 0 Å². The van der Waals surface area contributed by atoms with Gasteiger partial charge in [0, 0.05) is 32.1 Å². The van der Waals surface area contributed by atoms with E-state index in [1.165, 1.54) is 17.5 Å². The first-order valence-corrected chi connectivity index (χ1v) is 11.8. The second-order valence-corrected chi connectivity index (χ2v) is 9.19. The molecular weight excluding hydrogens is 392 g/mol. The SMILES string of the molecule is CN=C(NCc1ccc(CS(=O)(=O)NC)cc1)N(C)Cc1ccc(SC)cc1. The van der Waals surface area contributed by atoms with E-state index in [1.54, 1.807) is 18.8 Å². The molecule has 6 nitrogen and oxygen atoms in total. The van der Waals surface area contributed by atoms with Crippen molar-refractivity contribution in [3.05, 3.63) is 65.2 Å². The van der Waals surface area contributed by atoms with E-state index in [0.29, 0.717) is 6.54 Å². The molecule has 0 aromatic heterocycles. The Labute approximate surface area is 172 Å². The number of aliphatic imine (C=N–C) groups is 1. The number of rotatable bonds is 8. The summed E-state index contributed by atoms with van der Waals surface area (Å²) in [7, 11) is 1.94. The largest absolute Gasteiger partial charge is 0.352 e. The van der Waals surface area contributed by atoms with Crippen LogP contribution in [0.5, 0.6) is 0 Å². The molecule has 0 fully saturated rings. The topological polar surface area (TPSA) is 73.8 Å². The Hall–Kier alpha value is -2.03. The average molecular weight is 421 g/mol. The summed E-state index contributed by atoms with van der Waals surface area (Å²) in [6.45, 7) is 1.37. The lowest BCUT2D eigenvalue weighted by atomic mass is 10.1. The zero-order valence-corrected chi connectivity index (χ0v) is 18.4. The van der Waals surface area contributed by atoms with Gasteiger partial charge in [-0.15, -0.1) is 11.8 Å². The quantitative estimate of drug-likeness (QED) is 0.390. The van der Waals surface area contributed by atoms with Crippen LogP contribution in [-0.4, -0.2) is 46.7 Å². The van der Waals surface area contributed by atoms with E-state index in [0.717, 1.165) is 23.6 Å². The maximum Gasteiger partial charge on any atom is 0.215 e. The molecule has 0 saturated carbocycles. The third-order valence-corrected chi connectivity index (χ3v) is 6.37. The van der Waals surface area contributed by atoms with Gasteiger partial charge in [-0.25, -0.2) is 13.1 Å². The molecule has 0 aliphatic carbocycles. The Bertz CT molecular complexity index is 879. The predicted octanol–water partition coefficient (Wildman–Crippen LogP) is 2.67. The molecule has 0 aliphatic rings. The highest BCUT2D eigenvalue weighted by Gasteiger charge is 2.09. The fraction of sp³-hybridized carbons (Fsp3) is 0.350. The zero-order chi connectivity index (χ0) is 20.6. The molecule has 0 aliphatic heterocycles. The van der Waals surface area contributed by atoms with Gasteiger partial charge in [0.15, 0.2) is 5.96 Å². The van der Waals surface area contributed by atoms with Crippen molar-refractivity contribution in [2.75, 3.05) is 27.4 Å². The van der Waals surface area contributed by atoms with Crippen LogP contribution >= 0.6 is 11.8 Å². The first kappa shape index (κ1) is 22.3. The molecule has 0 radical (unpaired) electrons. The van der Waals surface area contributed by atoms with Crippen LogP contribution in [0.3, 0.4) is 0 Å². The lowest BCUT2D eigenvalue weighted by Gasteiger charge is -2.22. The van der Waals surface area contributed by atoms with Gasteiger partial charge in [-0.3, -0.25) is 4.99 Å². The highest BCUT2D eigenvalue weighted by atomic mass is 32.2. The lowest BCUT2D eigenvalue weighted by Crippen LogP contribution is -2.38. The fourth-order valence-corrected chi connectivity index (χ4v) is 3.87. The lowest BCUT2D eigenvalue weighted by molar-refractivity contribution is 0.476. The van der Waals surface area contributed by atoms with Gasteiger partial charge >= 0.3 is 0 Å². The molecule has 2 aromatic carbocycles. The second-order valence-electron chi connectivity index (χ2n) is 6.38. The normalized spacial score (nSPS) is 12.1. The number of thioether (sulfide) groups is 1. The number of nitrogens with zero attached hydrogens (tertiary/aromatic N) is 2. The Morgan fingerprint density at radius 3 is 2.14 bits per heavy atom. The van der Waals surface area contributed by atoms with E-state index >= 15 is 0 Å². The van der Waals surface area contributed by atoms with Gasteiger partial charge < -0.3 is 10.2 Å². The van der Waals surface area contributed by atoms with Crippen molar-refractivity contribution in [1.82, 2.24) is 14.9 Å². The van der Waals surface area contributed by atoms with Crippen molar-refractivity contribution in [2.24, 2.45) is 4.99 Å². The minimum absolute atomic E-state index is 0.0169. The number of benzene rings is 2. The van der Waals surface area contributed by atoms with Crippen LogP contribution in [0, 0.1) is 0 Å². The smallest absolute Gasteiger partial charge is 0.215 e. The summed E-state index contributed by atoms with van der Waals surface area (Å²) in [5.74, 6) is 0.785. The number of hydrogen-bond acceptors (Lipinski definition) is 4. The van der Waals surface area contributed by atoms with E-state index in [9.17, 15) is 8.42 Å². The highest BCUT2D eigenvalue weighted by molar-refractivity contribution is 7.98. The van der Waals surface area contributed by atoms with Crippen molar-refractivity contribution in [3.63, 3.8) is 0 Å². The Morgan fingerprint density at radius 2 is 1.61 bits per heavy atom. The van der Waals surface area contributed by atoms with Gasteiger partial charge in [-0.05, 0) is 42.1 Å². The molecule has 0 unspecified atom stereocenters. The molecule has 0 atom stereocenters. The van der Waals surface area contributed by atoms with Crippen LogP contribution in [-0.2, 0) is 28.9 Å². The molecule has 0 heterocycles. The minimum Gasteiger partial charge on any atom is -0.352 e. The van der Waals surface area contributed by atoms with E-state index in [-0.39, 0.29) is 5.75 Å². The van der Waals surface area contributed by atoms with Crippen molar-refractivity contribution >= 4 is 27.7 Å². The van der Waals surface area contributed by atoms with Gasteiger partial charge in [0.05, 0.1) is 5.75 Å². The van der Waals surface area contributed by atoms with Crippen LogP contribution in [0.1, 0.15) is 16.7 Å². The predicted molar refractivity (Wildman–Crippen MR) is 118 cm³/mol. The van der Waals surface area contributed by atoms with Crippen molar-refractivity contribution < 1.29 is 8.42 Å². The summed E-state index contributed by atoms with van der Waals surface area (Å²) in [6.07, 6.45) is 2.07. The van der Waals surface area contributed by atoms with Crippen LogP contribution < -0.4 is 10.0 Å². The molecule has 152 valence electrons. The third-order valence-electron chi connectivity index (χ3n) is 4.29. The molecule has 2 rings (SSSR count). The number of hydrogen-bond donors (Lipinski definition) is 2. The molecule has 0 spiro atoms. The maximum absolute atomic E-state index is 11.6. The van der Waals surface area contributed by atoms with Crippen LogP contribution in [0.15, 0.2) is 58.4 Å². The van der Waals surface area contributed by atoms with Gasteiger partial charge in [0.2, 0.25) is 10.0 Å². The standard InChI is InChI=1S/C20H28N4O2S2/c1-21-20(24(3)14-17-9-11-19(27-4)12-10-17)23-13-16-5-7-18(8-6-16)15-28(25,26)22-2/h5-12,22H,13-15H2,1-4H3,(H,21,23). The molecule has 0 saturated heterocycles. The van der Waals surface area contributed by atoms with E-state index < -0.39 is 10.0 Å². The van der Waals surface area contributed by atoms with E-state index in [4.69, 9.17) is 0 Å². The molecule has 28 heavy (non-hydrogen) atoms. The van der Waals surface area contributed by atoms with Gasteiger partial charge in [-0.1, -0.05) is 36.4 Å². The van der Waals surface area contributed by atoms with Crippen LogP contribution in [0.4, 0.5) is 0 Å². The molecule has 2 N–H and O–H groups in total. The molecule has 8 heteroatoms. The number of nitrogens with one attached hydrogen (secondary N) is 2. The molecular formula is C20H28N4O2S2. The Balaban J connectivity index is 1.91. The number of guanidine groups is 1. The van der Waals surface area contributed by atoms with Crippen LogP contribution in [0.2, 0.25) is 0 Å². The Morgan fingerprint density at radius 1 is 1.04 bits per heavy atom. The van der Waals surface area contributed by atoms with Gasteiger partial charge in [-0.2, -0.15) is 0 Å². The first-order chi connectivity index (χ1) is 13.4. The zero-order valence-electron chi connectivity index (χ0n) is 16.8. The van der Waals surface area contributed by atoms with Crippen LogP contribution in [0.25, 0.3) is 0 Å². The molecule has 0 bridgehead atoms. The fourth-order valence-electron chi connectivity index (χ4n) is 2.69.